The number of imide groups is 1. The van der Waals surface area contributed by atoms with Gasteiger partial charge >= 0.3 is 6.03 Å². The number of nitrogens with zero attached hydrogens (tertiary/aromatic N) is 3. The topological polar surface area (TPSA) is 96.3 Å². The van der Waals surface area contributed by atoms with Crippen molar-refractivity contribution in [1.82, 2.24) is 20.0 Å². The first-order chi connectivity index (χ1) is 14.8. The molecule has 1 spiro atoms. The van der Waals surface area contributed by atoms with E-state index in [1.807, 2.05) is 0 Å². The van der Waals surface area contributed by atoms with Crippen LogP contribution in [0.1, 0.15) is 38.2 Å². The highest BCUT2D eigenvalue weighted by Crippen LogP contribution is 2.36. The Bertz CT molecular complexity index is 1030. The van der Waals surface area contributed by atoms with Crippen molar-refractivity contribution in [2.24, 2.45) is 5.92 Å². The van der Waals surface area contributed by atoms with Crippen LogP contribution in [0.4, 0.5) is 10.6 Å². The number of amides is 4. The number of carbonyl (C=O) groups is 3. The third-order valence-corrected chi connectivity index (χ3v) is 6.58. The van der Waals surface area contributed by atoms with E-state index in [1.54, 1.807) is 35.1 Å². The molecular weight excluding hydrogens is 441 g/mol. The highest BCUT2D eigenvalue weighted by Gasteiger charge is 2.52. The predicted octanol–water partition coefficient (Wildman–Crippen LogP) is 3.68. The number of nitrogens with one attached hydrogen (secondary N) is 2. The van der Waals surface area contributed by atoms with Gasteiger partial charge in [-0.3, -0.25) is 14.5 Å². The molecule has 2 aliphatic rings. The number of carbonyl (C=O) groups excluding carboxylic acids is 3. The lowest BCUT2D eigenvalue weighted by Gasteiger charge is -2.33. The van der Waals surface area contributed by atoms with Crippen LogP contribution in [0.25, 0.3) is 0 Å². The first-order valence-electron chi connectivity index (χ1n) is 10.2. The number of aromatic nitrogens is 2. The summed E-state index contributed by atoms with van der Waals surface area (Å²) in [7, 11) is 0. The van der Waals surface area contributed by atoms with Gasteiger partial charge in [-0.1, -0.05) is 36.2 Å². The quantitative estimate of drug-likeness (QED) is 0.660. The monoisotopic (exact) mass is 463 g/mol. The van der Waals surface area contributed by atoms with E-state index < -0.39 is 17.5 Å². The van der Waals surface area contributed by atoms with Gasteiger partial charge < -0.3 is 10.6 Å². The SMILES string of the molecule is CC1CCC2(CC1)NC(=O)N(CC(=O)Nc1ccnn1Cc1ccc(Cl)cc1Cl)C2=O. The summed E-state index contributed by atoms with van der Waals surface area (Å²) in [5.74, 6) is 0.168. The maximum atomic E-state index is 12.9. The van der Waals surface area contributed by atoms with Crippen LogP contribution in [0, 0.1) is 5.92 Å². The van der Waals surface area contributed by atoms with E-state index in [-0.39, 0.29) is 12.5 Å². The molecule has 31 heavy (non-hydrogen) atoms. The van der Waals surface area contributed by atoms with Gasteiger partial charge in [0.2, 0.25) is 5.91 Å². The van der Waals surface area contributed by atoms with Crippen molar-refractivity contribution in [3.63, 3.8) is 0 Å². The summed E-state index contributed by atoms with van der Waals surface area (Å²) >= 11 is 12.2. The van der Waals surface area contributed by atoms with E-state index >= 15 is 0 Å². The molecule has 2 heterocycles. The molecule has 164 valence electrons. The Morgan fingerprint density at radius 2 is 2.00 bits per heavy atom. The third-order valence-electron chi connectivity index (χ3n) is 5.99. The average Bonchev–Trinajstić information content (AvgIpc) is 3.24. The zero-order valence-corrected chi connectivity index (χ0v) is 18.5. The van der Waals surface area contributed by atoms with Crippen molar-refractivity contribution in [1.29, 1.82) is 0 Å². The second kappa shape index (κ2) is 8.51. The predicted molar refractivity (Wildman–Crippen MR) is 117 cm³/mol. The van der Waals surface area contributed by atoms with Gasteiger partial charge in [0, 0.05) is 16.1 Å². The maximum Gasteiger partial charge on any atom is 0.325 e. The molecule has 4 amide bonds. The summed E-state index contributed by atoms with van der Waals surface area (Å²) in [6, 6.07) is 6.27. The Labute approximate surface area is 189 Å². The van der Waals surface area contributed by atoms with Crippen molar-refractivity contribution >= 4 is 46.9 Å². The molecular formula is C21H23Cl2N5O3. The van der Waals surface area contributed by atoms with Gasteiger partial charge in [0.05, 0.1) is 12.7 Å². The molecule has 1 aromatic heterocycles. The van der Waals surface area contributed by atoms with Crippen LogP contribution in [0.5, 0.6) is 0 Å². The normalized spacial score (nSPS) is 23.3. The van der Waals surface area contributed by atoms with Crippen molar-refractivity contribution in [2.75, 3.05) is 11.9 Å². The molecule has 0 atom stereocenters. The third kappa shape index (κ3) is 4.41. The Kier molecular flexibility index (Phi) is 5.94. The molecule has 0 unspecified atom stereocenters. The van der Waals surface area contributed by atoms with E-state index in [0.717, 1.165) is 23.3 Å². The summed E-state index contributed by atoms with van der Waals surface area (Å²) in [5, 5.41) is 10.8. The van der Waals surface area contributed by atoms with Crippen LogP contribution < -0.4 is 10.6 Å². The fraction of sp³-hybridized carbons (Fsp3) is 0.429. The minimum atomic E-state index is -0.864. The fourth-order valence-corrected chi connectivity index (χ4v) is 4.58. The number of rotatable bonds is 5. The Morgan fingerprint density at radius 1 is 1.26 bits per heavy atom. The van der Waals surface area contributed by atoms with E-state index in [0.29, 0.717) is 41.2 Å². The lowest BCUT2D eigenvalue weighted by atomic mass is 9.77. The van der Waals surface area contributed by atoms with Crippen molar-refractivity contribution in [3.05, 3.63) is 46.1 Å². The van der Waals surface area contributed by atoms with Gasteiger partial charge in [0.1, 0.15) is 17.9 Å². The van der Waals surface area contributed by atoms with Gasteiger partial charge in [-0.2, -0.15) is 5.10 Å². The summed E-state index contributed by atoms with van der Waals surface area (Å²) in [6.45, 7) is 2.11. The Balaban J connectivity index is 1.41. The minimum absolute atomic E-state index is 0.319. The number of halogens is 2. The zero-order valence-electron chi connectivity index (χ0n) is 17.0. The summed E-state index contributed by atoms with van der Waals surface area (Å²) < 4.78 is 1.57. The van der Waals surface area contributed by atoms with Crippen LogP contribution in [0.15, 0.2) is 30.5 Å². The minimum Gasteiger partial charge on any atom is -0.323 e. The number of hydrogen-bond donors (Lipinski definition) is 2. The van der Waals surface area contributed by atoms with Gasteiger partial charge in [-0.25, -0.2) is 9.48 Å². The standard InChI is InChI=1S/C21H23Cl2N5O3/c1-13-4-7-21(8-5-13)19(30)27(20(31)26-21)12-18(29)25-17-6-9-24-28(17)11-14-2-3-15(22)10-16(14)23/h2-3,6,9-10,13H,4-5,7-8,11-12H2,1H3,(H,25,29)(H,26,31). The number of benzene rings is 1. The molecule has 1 aliphatic carbocycles. The number of hydrogen-bond acceptors (Lipinski definition) is 4. The van der Waals surface area contributed by atoms with Crippen LogP contribution in [0.2, 0.25) is 10.0 Å². The molecule has 10 heteroatoms. The van der Waals surface area contributed by atoms with Crippen LogP contribution in [-0.2, 0) is 16.1 Å². The lowest BCUT2D eigenvalue weighted by molar-refractivity contribution is -0.135. The molecule has 1 saturated heterocycles. The molecule has 0 radical (unpaired) electrons. The average molecular weight is 464 g/mol. The van der Waals surface area contributed by atoms with Crippen LogP contribution >= 0.6 is 23.2 Å². The van der Waals surface area contributed by atoms with E-state index in [9.17, 15) is 14.4 Å². The molecule has 4 rings (SSSR count). The van der Waals surface area contributed by atoms with Gasteiger partial charge in [0.25, 0.3) is 5.91 Å². The lowest BCUT2D eigenvalue weighted by Crippen LogP contribution is -2.49. The molecule has 0 bridgehead atoms. The highest BCUT2D eigenvalue weighted by atomic mass is 35.5. The first-order valence-corrected chi connectivity index (χ1v) is 10.9. The number of anilines is 1. The molecule has 1 aromatic carbocycles. The smallest absolute Gasteiger partial charge is 0.323 e. The summed E-state index contributed by atoms with van der Waals surface area (Å²) in [5.41, 5.74) is -0.0791. The summed E-state index contributed by atoms with van der Waals surface area (Å²) in [4.78, 5) is 39.0. The Morgan fingerprint density at radius 3 is 2.71 bits per heavy atom. The molecule has 2 aromatic rings. The van der Waals surface area contributed by atoms with E-state index in [1.165, 1.54) is 0 Å². The van der Waals surface area contributed by atoms with Crippen LogP contribution in [0.3, 0.4) is 0 Å². The zero-order chi connectivity index (χ0) is 22.2. The van der Waals surface area contributed by atoms with Crippen LogP contribution in [-0.4, -0.2) is 44.6 Å². The van der Waals surface area contributed by atoms with E-state index in [2.05, 4.69) is 22.7 Å². The second-order valence-corrected chi connectivity index (χ2v) is 9.09. The molecule has 2 N–H and O–H groups in total. The molecule has 1 aliphatic heterocycles. The largest absolute Gasteiger partial charge is 0.325 e. The Hall–Kier alpha value is -2.58. The molecule has 8 nitrogen and oxygen atoms in total. The highest BCUT2D eigenvalue weighted by molar-refractivity contribution is 6.35. The van der Waals surface area contributed by atoms with Crippen molar-refractivity contribution in [3.8, 4) is 0 Å². The van der Waals surface area contributed by atoms with Gasteiger partial charge in [0.15, 0.2) is 0 Å². The van der Waals surface area contributed by atoms with Gasteiger partial charge in [-0.05, 0) is 49.3 Å². The maximum absolute atomic E-state index is 12.9. The van der Waals surface area contributed by atoms with Gasteiger partial charge in [-0.15, -0.1) is 0 Å². The summed E-state index contributed by atoms with van der Waals surface area (Å²) in [6.07, 6.45) is 4.50. The van der Waals surface area contributed by atoms with E-state index in [4.69, 9.17) is 23.2 Å². The molecule has 2 fully saturated rings. The molecule has 1 saturated carbocycles. The fourth-order valence-electron chi connectivity index (χ4n) is 4.12. The first kappa shape index (κ1) is 21.6. The second-order valence-electron chi connectivity index (χ2n) is 8.24. The van der Waals surface area contributed by atoms with Crippen molar-refractivity contribution < 1.29 is 14.4 Å². The van der Waals surface area contributed by atoms with Crippen molar-refractivity contribution in [2.45, 2.75) is 44.7 Å². The number of urea groups is 1.